The number of esters is 1. The third-order valence-electron chi connectivity index (χ3n) is 2.24. The maximum atomic E-state index is 11.3. The molecular formula is C10H16O3. The first-order valence-electron chi connectivity index (χ1n) is 4.70. The van der Waals surface area contributed by atoms with Crippen molar-refractivity contribution in [1.82, 2.24) is 0 Å². The van der Waals surface area contributed by atoms with E-state index in [4.69, 9.17) is 4.74 Å². The van der Waals surface area contributed by atoms with Gasteiger partial charge in [0.15, 0.2) is 0 Å². The number of hydrogen-bond donors (Lipinski definition) is 1. The Kier molecular flexibility index (Phi) is 3.48. The number of rotatable bonds is 2. The zero-order valence-electron chi connectivity index (χ0n) is 8.12. The molecule has 1 aliphatic rings. The van der Waals surface area contributed by atoms with Gasteiger partial charge in [0.25, 0.3) is 0 Å². The summed E-state index contributed by atoms with van der Waals surface area (Å²) in [5, 5.41) is 9.57. The van der Waals surface area contributed by atoms with E-state index in [9.17, 15) is 9.90 Å². The predicted octanol–water partition coefficient (Wildman–Crippen LogP) is 1.27. The smallest absolute Gasteiger partial charge is 0.336 e. The Morgan fingerprint density at radius 1 is 1.77 bits per heavy atom. The molecule has 0 saturated heterocycles. The number of hydrogen-bond acceptors (Lipinski definition) is 3. The van der Waals surface area contributed by atoms with Gasteiger partial charge in [-0.15, -0.1) is 0 Å². The molecule has 1 aliphatic carbocycles. The van der Waals surface area contributed by atoms with Crippen LogP contribution < -0.4 is 0 Å². The number of aliphatic hydroxyl groups excluding tert-OH is 1. The molecule has 3 nitrogen and oxygen atoms in total. The fourth-order valence-corrected chi connectivity index (χ4v) is 1.50. The first kappa shape index (κ1) is 10.3. The lowest BCUT2D eigenvalue weighted by molar-refractivity contribution is -0.139. The van der Waals surface area contributed by atoms with E-state index in [1.807, 2.05) is 0 Å². The highest BCUT2D eigenvalue weighted by Gasteiger charge is 2.25. The minimum absolute atomic E-state index is 0.360. The standard InChI is InChI=1S/C10H16O3/c1-3-13-10(12)8-5-4-7(2)6-9(8)11/h5,7,9,11H,3-4,6H2,1-2H3/t7-,9-/m1/s1. The van der Waals surface area contributed by atoms with Crippen molar-refractivity contribution >= 4 is 5.97 Å². The molecule has 0 bridgehead atoms. The lowest BCUT2D eigenvalue weighted by Crippen LogP contribution is -2.25. The fourth-order valence-electron chi connectivity index (χ4n) is 1.50. The molecule has 0 radical (unpaired) electrons. The summed E-state index contributed by atoms with van der Waals surface area (Å²) in [6, 6.07) is 0. The van der Waals surface area contributed by atoms with Crippen molar-refractivity contribution in [2.75, 3.05) is 6.61 Å². The van der Waals surface area contributed by atoms with Crippen LogP contribution in [-0.2, 0) is 9.53 Å². The summed E-state index contributed by atoms with van der Waals surface area (Å²) in [6.45, 7) is 4.18. The van der Waals surface area contributed by atoms with Crippen LogP contribution in [0.15, 0.2) is 11.6 Å². The Balaban J connectivity index is 2.63. The Bertz CT molecular complexity index is 220. The van der Waals surface area contributed by atoms with Crippen LogP contribution in [0.3, 0.4) is 0 Å². The van der Waals surface area contributed by atoms with E-state index in [2.05, 4.69) is 6.92 Å². The Morgan fingerprint density at radius 2 is 2.46 bits per heavy atom. The normalized spacial score (nSPS) is 28.1. The number of aliphatic hydroxyl groups is 1. The van der Waals surface area contributed by atoms with Gasteiger partial charge in [-0.25, -0.2) is 4.79 Å². The van der Waals surface area contributed by atoms with Crippen LogP contribution in [0.1, 0.15) is 26.7 Å². The van der Waals surface area contributed by atoms with Crippen LogP contribution in [-0.4, -0.2) is 23.8 Å². The second kappa shape index (κ2) is 4.42. The quantitative estimate of drug-likeness (QED) is 0.657. The van der Waals surface area contributed by atoms with E-state index < -0.39 is 6.10 Å². The molecule has 0 aromatic heterocycles. The second-order valence-electron chi connectivity index (χ2n) is 3.47. The van der Waals surface area contributed by atoms with E-state index >= 15 is 0 Å². The average molecular weight is 184 g/mol. The van der Waals surface area contributed by atoms with Gasteiger partial charge in [0.1, 0.15) is 0 Å². The van der Waals surface area contributed by atoms with Gasteiger partial charge < -0.3 is 9.84 Å². The van der Waals surface area contributed by atoms with Crippen LogP contribution in [0, 0.1) is 5.92 Å². The van der Waals surface area contributed by atoms with E-state index in [-0.39, 0.29) is 5.97 Å². The van der Waals surface area contributed by atoms with Gasteiger partial charge >= 0.3 is 5.97 Å². The fraction of sp³-hybridized carbons (Fsp3) is 0.700. The highest BCUT2D eigenvalue weighted by atomic mass is 16.5. The summed E-state index contributed by atoms with van der Waals surface area (Å²) in [5.41, 5.74) is 0.431. The molecule has 0 aromatic carbocycles. The maximum absolute atomic E-state index is 11.3. The van der Waals surface area contributed by atoms with Crippen molar-refractivity contribution in [3.63, 3.8) is 0 Å². The Hall–Kier alpha value is -0.830. The van der Waals surface area contributed by atoms with Gasteiger partial charge in [-0.3, -0.25) is 0 Å². The summed E-state index contributed by atoms with van der Waals surface area (Å²) >= 11 is 0. The van der Waals surface area contributed by atoms with Crippen molar-refractivity contribution in [3.8, 4) is 0 Å². The third kappa shape index (κ3) is 2.56. The number of carbonyl (C=O) groups is 1. The van der Waals surface area contributed by atoms with Crippen molar-refractivity contribution < 1.29 is 14.6 Å². The van der Waals surface area contributed by atoms with E-state index in [0.29, 0.717) is 24.5 Å². The molecule has 0 aliphatic heterocycles. The molecular weight excluding hydrogens is 168 g/mol. The topological polar surface area (TPSA) is 46.5 Å². The van der Waals surface area contributed by atoms with E-state index in [1.165, 1.54) is 0 Å². The van der Waals surface area contributed by atoms with E-state index in [0.717, 1.165) is 6.42 Å². The number of allylic oxidation sites excluding steroid dienone is 1. The lowest BCUT2D eigenvalue weighted by atomic mass is 9.89. The molecule has 0 heterocycles. The minimum Gasteiger partial charge on any atom is -0.463 e. The monoisotopic (exact) mass is 184 g/mol. The molecule has 0 unspecified atom stereocenters. The van der Waals surface area contributed by atoms with Crippen LogP contribution in [0.25, 0.3) is 0 Å². The summed E-state index contributed by atoms with van der Waals surface area (Å²) in [7, 11) is 0. The summed E-state index contributed by atoms with van der Waals surface area (Å²) in [4.78, 5) is 11.3. The first-order valence-corrected chi connectivity index (χ1v) is 4.70. The van der Waals surface area contributed by atoms with Crippen LogP contribution >= 0.6 is 0 Å². The van der Waals surface area contributed by atoms with Crippen LogP contribution in [0.4, 0.5) is 0 Å². The Labute approximate surface area is 78.4 Å². The summed E-state index contributed by atoms with van der Waals surface area (Å²) in [5.74, 6) is 0.0788. The molecule has 0 saturated carbocycles. The van der Waals surface area contributed by atoms with Gasteiger partial charge in [-0.2, -0.15) is 0 Å². The van der Waals surface area contributed by atoms with E-state index in [1.54, 1.807) is 13.0 Å². The summed E-state index contributed by atoms with van der Waals surface area (Å²) < 4.78 is 4.82. The maximum Gasteiger partial charge on any atom is 0.336 e. The molecule has 0 fully saturated rings. The van der Waals surface area contributed by atoms with Crippen molar-refractivity contribution in [1.29, 1.82) is 0 Å². The summed E-state index contributed by atoms with van der Waals surface area (Å²) in [6.07, 6.45) is 2.66. The Morgan fingerprint density at radius 3 is 3.00 bits per heavy atom. The van der Waals surface area contributed by atoms with Crippen molar-refractivity contribution in [2.24, 2.45) is 5.92 Å². The SMILES string of the molecule is CCOC(=O)C1=CC[C@@H](C)C[C@H]1O. The second-order valence-corrected chi connectivity index (χ2v) is 3.47. The van der Waals surface area contributed by atoms with Gasteiger partial charge in [-0.1, -0.05) is 13.0 Å². The molecule has 74 valence electrons. The highest BCUT2D eigenvalue weighted by molar-refractivity contribution is 5.89. The molecule has 0 aromatic rings. The zero-order valence-corrected chi connectivity index (χ0v) is 8.12. The van der Waals surface area contributed by atoms with Crippen LogP contribution in [0.2, 0.25) is 0 Å². The van der Waals surface area contributed by atoms with Crippen molar-refractivity contribution in [2.45, 2.75) is 32.8 Å². The molecule has 1 rings (SSSR count). The molecule has 3 heteroatoms. The zero-order chi connectivity index (χ0) is 9.84. The van der Waals surface area contributed by atoms with Crippen molar-refractivity contribution in [3.05, 3.63) is 11.6 Å². The lowest BCUT2D eigenvalue weighted by Gasteiger charge is -2.22. The molecule has 1 N–H and O–H groups in total. The van der Waals surface area contributed by atoms with Gasteiger partial charge in [0.05, 0.1) is 18.3 Å². The van der Waals surface area contributed by atoms with Gasteiger partial charge in [-0.05, 0) is 25.7 Å². The third-order valence-corrected chi connectivity index (χ3v) is 2.24. The minimum atomic E-state index is -0.636. The average Bonchev–Trinajstić information content (AvgIpc) is 2.04. The van der Waals surface area contributed by atoms with Crippen LogP contribution in [0.5, 0.6) is 0 Å². The number of ether oxygens (including phenoxy) is 1. The van der Waals surface area contributed by atoms with Gasteiger partial charge in [0.2, 0.25) is 0 Å². The van der Waals surface area contributed by atoms with Gasteiger partial charge in [0, 0.05) is 0 Å². The molecule has 0 spiro atoms. The molecule has 13 heavy (non-hydrogen) atoms. The predicted molar refractivity (Wildman–Crippen MR) is 49.1 cm³/mol. The highest BCUT2D eigenvalue weighted by Crippen LogP contribution is 2.24. The number of carbonyl (C=O) groups excluding carboxylic acids is 1. The largest absolute Gasteiger partial charge is 0.463 e. The first-order chi connectivity index (χ1) is 6.15. The molecule has 2 atom stereocenters. The molecule has 0 amide bonds.